The number of nitrogens with one attached hydrogen (secondary N) is 1. The standard InChI is InChI=1S/C18H16N6/c19-17-15-14(16(22-23-17)12-7-3-1-4-8-12)11-21-24(18(15)20)13-9-5-2-6-10-13/h1-11,21H,20H2,(H2,19,23). The van der Waals surface area contributed by atoms with Gasteiger partial charge in [-0.15, -0.1) is 10.2 Å². The first-order valence-electron chi connectivity index (χ1n) is 7.54. The average Bonchev–Trinajstić information content (AvgIpc) is 2.63. The summed E-state index contributed by atoms with van der Waals surface area (Å²) in [5.74, 6) is 0.796. The van der Waals surface area contributed by atoms with E-state index in [1.54, 1.807) is 5.01 Å². The quantitative estimate of drug-likeness (QED) is 0.638. The van der Waals surface area contributed by atoms with Crippen LogP contribution in [0.25, 0.3) is 23.3 Å². The first-order chi connectivity index (χ1) is 11.8. The molecule has 1 aromatic heterocycles. The van der Waals surface area contributed by atoms with E-state index in [2.05, 4.69) is 15.6 Å². The van der Waals surface area contributed by atoms with Crippen LogP contribution in [0.1, 0.15) is 0 Å². The second-order valence-corrected chi connectivity index (χ2v) is 5.42. The Labute approximate surface area is 138 Å². The van der Waals surface area contributed by atoms with Crippen molar-refractivity contribution in [1.82, 2.24) is 15.6 Å². The lowest BCUT2D eigenvalue weighted by Gasteiger charge is -2.27. The summed E-state index contributed by atoms with van der Waals surface area (Å²) in [5, 5.41) is 11.7. The van der Waals surface area contributed by atoms with E-state index in [0.29, 0.717) is 16.9 Å². The lowest BCUT2D eigenvalue weighted by atomic mass is 10.1. The molecule has 0 aliphatic carbocycles. The van der Waals surface area contributed by atoms with Crippen molar-refractivity contribution >= 4 is 23.5 Å². The summed E-state index contributed by atoms with van der Waals surface area (Å²) >= 11 is 0. The number of aromatic nitrogens is 2. The Kier molecular flexibility index (Phi) is 3.28. The zero-order valence-corrected chi connectivity index (χ0v) is 12.8. The molecule has 4 rings (SSSR count). The molecule has 2 heterocycles. The third-order valence-corrected chi connectivity index (χ3v) is 3.93. The summed E-state index contributed by atoms with van der Waals surface area (Å²) in [5.41, 5.74) is 18.3. The number of hydrogen-bond acceptors (Lipinski definition) is 6. The molecule has 1 aliphatic rings. The number of hydrogen-bond donors (Lipinski definition) is 3. The summed E-state index contributed by atoms with van der Waals surface area (Å²) in [6.45, 7) is 0. The number of anilines is 2. The van der Waals surface area contributed by atoms with Gasteiger partial charge in [-0.25, -0.2) is 5.01 Å². The van der Waals surface area contributed by atoms with Crippen molar-refractivity contribution in [2.75, 3.05) is 10.7 Å². The number of fused-ring (bicyclic) bond motifs is 1. The fourth-order valence-electron chi connectivity index (χ4n) is 2.78. The Morgan fingerprint density at radius 3 is 2.21 bits per heavy atom. The highest BCUT2D eigenvalue weighted by Crippen LogP contribution is 2.16. The minimum Gasteiger partial charge on any atom is -0.383 e. The number of nitrogens with zero attached hydrogens (tertiary/aromatic N) is 3. The first kappa shape index (κ1) is 14.1. The van der Waals surface area contributed by atoms with Gasteiger partial charge in [0.05, 0.1) is 10.9 Å². The van der Waals surface area contributed by atoms with Crippen molar-refractivity contribution in [2.24, 2.45) is 5.73 Å². The largest absolute Gasteiger partial charge is 0.383 e. The van der Waals surface area contributed by atoms with Crippen LogP contribution >= 0.6 is 0 Å². The second kappa shape index (κ2) is 5.58. The molecule has 118 valence electrons. The predicted molar refractivity (Wildman–Crippen MR) is 95.2 cm³/mol. The van der Waals surface area contributed by atoms with Gasteiger partial charge in [0.25, 0.3) is 0 Å². The molecule has 0 spiro atoms. The molecule has 0 radical (unpaired) electrons. The van der Waals surface area contributed by atoms with Crippen LogP contribution in [0.5, 0.6) is 0 Å². The van der Waals surface area contributed by atoms with E-state index >= 15 is 0 Å². The maximum absolute atomic E-state index is 6.38. The van der Waals surface area contributed by atoms with Gasteiger partial charge in [-0.1, -0.05) is 48.5 Å². The number of hydrazine groups is 1. The van der Waals surface area contributed by atoms with Crippen LogP contribution in [-0.2, 0) is 0 Å². The van der Waals surface area contributed by atoms with Crippen LogP contribution in [0.3, 0.4) is 0 Å². The number of para-hydroxylation sites is 1. The molecule has 5 N–H and O–H groups in total. The monoisotopic (exact) mass is 316 g/mol. The summed E-state index contributed by atoms with van der Waals surface area (Å²) in [6, 6.07) is 19.6. The molecule has 6 nitrogen and oxygen atoms in total. The topological polar surface area (TPSA) is 93.1 Å². The SMILES string of the molecule is NC1=c2c(N)nnc(-c3ccccc3)c2=CNN1c1ccccc1. The summed E-state index contributed by atoms with van der Waals surface area (Å²) in [6.07, 6.45) is 1.85. The molecule has 0 fully saturated rings. The van der Waals surface area contributed by atoms with Crippen molar-refractivity contribution in [1.29, 1.82) is 0 Å². The molecular formula is C18H16N6. The second-order valence-electron chi connectivity index (χ2n) is 5.42. The Bertz CT molecular complexity index is 999. The van der Waals surface area contributed by atoms with E-state index in [-0.39, 0.29) is 0 Å². The Hall–Kier alpha value is -3.54. The van der Waals surface area contributed by atoms with Crippen LogP contribution in [0, 0.1) is 0 Å². The van der Waals surface area contributed by atoms with Gasteiger partial charge >= 0.3 is 0 Å². The highest BCUT2D eigenvalue weighted by molar-refractivity contribution is 5.73. The molecule has 24 heavy (non-hydrogen) atoms. The van der Waals surface area contributed by atoms with E-state index in [1.165, 1.54) is 0 Å². The number of nitrogen functional groups attached to an aromatic ring is 1. The zero-order valence-electron chi connectivity index (χ0n) is 12.8. The van der Waals surface area contributed by atoms with Crippen LogP contribution in [0.4, 0.5) is 11.5 Å². The van der Waals surface area contributed by atoms with Gasteiger partial charge in [0.2, 0.25) is 0 Å². The average molecular weight is 316 g/mol. The van der Waals surface area contributed by atoms with Gasteiger partial charge in [-0.2, -0.15) is 0 Å². The summed E-state index contributed by atoms with van der Waals surface area (Å²) in [4.78, 5) is 0. The van der Waals surface area contributed by atoms with Crippen LogP contribution in [-0.4, -0.2) is 10.2 Å². The maximum Gasteiger partial charge on any atom is 0.157 e. The smallest absolute Gasteiger partial charge is 0.157 e. The van der Waals surface area contributed by atoms with Gasteiger partial charge in [0.15, 0.2) is 5.82 Å². The van der Waals surface area contributed by atoms with Crippen molar-refractivity contribution < 1.29 is 0 Å². The van der Waals surface area contributed by atoms with E-state index in [1.807, 2.05) is 66.9 Å². The first-order valence-corrected chi connectivity index (χ1v) is 7.54. The summed E-state index contributed by atoms with van der Waals surface area (Å²) < 4.78 is 0. The van der Waals surface area contributed by atoms with Gasteiger partial charge in [0.1, 0.15) is 11.5 Å². The molecule has 0 amide bonds. The Balaban J connectivity index is 1.97. The molecule has 0 bridgehead atoms. The number of benzene rings is 2. The van der Waals surface area contributed by atoms with Gasteiger partial charge in [0, 0.05) is 17.0 Å². The molecule has 0 atom stereocenters. The molecule has 0 saturated heterocycles. The van der Waals surface area contributed by atoms with E-state index in [0.717, 1.165) is 22.2 Å². The van der Waals surface area contributed by atoms with Gasteiger partial charge in [-0.05, 0) is 12.1 Å². The highest BCUT2D eigenvalue weighted by atomic mass is 15.5. The van der Waals surface area contributed by atoms with Crippen molar-refractivity contribution in [3.63, 3.8) is 0 Å². The van der Waals surface area contributed by atoms with Gasteiger partial charge in [-0.3, -0.25) is 5.43 Å². The van der Waals surface area contributed by atoms with E-state index in [9.17, 15) is 0 Å². The van der Waals surface area contributed by atoms with Crippen LogP contribution in [0.2, 0.25) is 0 Å². The third-order valence-electron chi connectivity index (χ3n) is 3.93. The number of nitrogens with two attached hydrogens (primary N) is 2. The Morgan fingerprint density at radius 1 is 0.833 bits per heavy atom. The van der Waals surface area contributed by atoms with Crippen LogP contribution in [0.15, 0.2) is 60.7 Å². The molecule has 1 aliphatic heterocycles. The summed E-state index contributed by atoms with van der Waals surface area (Å²) in [7, 11) is 0. The molecule has 0 unspecified atom stereocenters. The lowest BCUT2D eigenvalue weighted by molar-refractivity contribution is 0.891. The van der Waals surface area contributed by atoms with Gasteiger partial charge < -0.3 is 11.5 Å². The van der Waals surface area contributed by atoms with E-state index in [4.69, 9.17) is 11.5 Å². The third kappa shape index (κ3) is 2.21. The normalized spacial score (nSPS) is 13.0. The molecule has 0 saturated carbocycles. The minimum absolute atomic E-state index is 0.306. The lowest BCUT2D eigenvalue weighted by Crippen LogP contribution is -2.51. The Morgan fingerprint density at radius 2 is 1.50 bits per heavy atom. The number of rotatable bonds is 2. The van der Waals surface area contributed by atoms with Crippen molar-refractivity contribution in [3.8, 4) is 11.3 Å². The zero-order chi connectivity index (χ0) is 16.5. The molecule has 2 aromatic carbocycles. The molecule has 6 heteroatoms. The van der Waals surface area contributed by atoms with Crippen molar-refractivity contribution in [3.05, 3.63) is 71.1 Å². The van der Waals surface area contributed by atoms with Crippen LogP contribution < -0.4 is 32.3 Å². The predicted octanol–water partition coefficient (Wildman–Crippen LogP) is 0.513. The fourth-order valence-corrected chi connectivity index (χ4v) is 2.78. The highest BCUT2D eigenvalue weighted by Gasteiger charge is 2.17. The molecule has 3 aromatic rings. The van der Waals surface area contributed by atoms with Crippen molar-refractivity contribution in [2.45, 2.75) is 0 Å². The maximum atomic E-state index is 6.38. The fraction of sp³-hybridized carbons (Fsp3) is 0. The minimum atomic E-state index is 0.306. The molecular weight excluding hydrogens is 300 g/mol. The van der Waals surface area contributed by atoms with E-state index < -0.39 is 0 Å².